The highest BCUT2D eigenvalue weighted by Crippen LogP contribution is 2.39. The molecule has 0 saturated carbocycles. The summed E-state index contributed by atoms with van der Waals surface area (Å²) in [5.74, 6) is -1.38. The van der Waals surface area contributed by atoms with E-state index in [4.69, 9.17) is 0 Å². The molecule has 1 aromatic carbocycles. The molecule has 0 spiro atoms. The zero-order valence-electron chi connectivity index (χ0n) is 12.6. The fraction of sp³-hybridized carbons (Fsp3) is 0.467. The molecule has 0 radical (unpaired) electrons. The number of anilines is 1. The molecule has 1 atom stereocenters. The van der Waals surface area contributed by atoms with Crippen LogP contribution in [0.15, 0.2) is 6.07 Å². The van der Waals surface area contributed by atoms with Crippen molar-refractivity contribution in [2.45, 2.75) is 39.5 Å². The van der Waals surface area contributed by atoms with Gasteiger partial charge in [0.25, 0.3) is 0 Å². The molecule has 0 aromatic heterocycles. The number of carbonyl (C=O) groups excluding carboxylic acids is 1. The van der Waals surface area contributed by atoms with Gasteiger partial charge in [0.05, 0.1) is 11.6 Å². The quantitative estimate of drug-likeness (QED) is 0.453. The average molecular weight is 641 g/mol. The molecule has 4 nitrogen and oxygen atoms in total. The van der Waals surface area contributed by atoms with Crippen LogP contribution in [0.5, 0.6) is 0 Å². The van der Waals surface area contributed by atoms with Gasteiger partial charge in [-0.1, -0.05) is 13.3 Å². The molecule has 22 heavy (non-hydrogen) atoms. The van der Waals surface area contributed by atoms with Gasteiger partial charge in [0, 0.05) is 24.2 Å². The maximum absolute atomic E-state index is 11.9. The molecule has 1 aromatic rings. The van der Waals surface area contributed by atoms with Crippen molar-refractivity contribution in [1.82, 2.24) is 0 Å². The second kappa shape index (κ2) is 9.00. The minimum atomic E-state index is -0.810. The number of amides is 1. The van der Waals surface area contributed by atoms with Crippen LogP contribution in [0.1, 0.15) is 45.1 Å². The van der Waals surface area contributed by atoms with Gasteiger partial charge in [-0.05, 0) is 92.7 Å². The van der Waals surface area contributed by atoms with E-state index in [0.29, 0.717) is 13.0 Å². The molecule has 0 aliphatic heterocycles. The Morgan fingerprint density at radius 3 is 2.23 bits per heavy atom. The van der Waals surface area contributed by atoms with Gasteiger partial charge in [-0.25, -0.2) is 0 Å². The summed E-state index contributed by atoms with van der Waals surface area (Å²) in [6.45, 7) is 6.00. The number of halogens is 3. The van der Waals surface area contributed by atoms with E-state index in [1.54, 1.807) is 4.90 Å². The number of hydrogen-bond donors (Lipinski definition) is 1. The van der Waals surface area contributed by atoms with Crippen LogP contribution in [-0.2, 0) is 9.59 Å². The third-order valence-corrected chi connectivity index (χ3v) is 6.18. The Morgan fingerprint density at radius 2 is 1.82 bits per heavy atom. The normalized spacial score (nSPS) is 12.1. The Bertz CT molecular complexity index is 590. The Kier molecular flexibility index (Phi) is 8.34. The first kappa shape index (κ1) is 20.4. The van der Waals surface area contributed by atoms with E-state index in [-0.39, 0.29) is 5.91 Å². The Labute approximate surface area is 171 Å². The highest BCUT2D eigenvalue weighted by Gasteiger charge is 2.28. The van der Waals surface area contributed by atoms with Crippen molar-refractivity contribution in [2.24, 2.45) is 0 Å². The van der Waals surface area contributed by atoms with E-state index < -0.39 is 11.9 Å². The van der Waals surface area contributed by atoms with E-state index in [9.17, 15) is 14.7 Å². The van der Waals surface area contributed by atoms with Crippen LogP contribution in [0.25, 0.3) is 0 Å². The predicted molar refractivity (Wildman–Crippen MR) is 114 cm³/mol. The molecule has 122 valence electrons. The summed E-state index contributed by atoms with van der Waals surface area (Å²) in [6, 6.07) is 1.96. The van der Waals surface area contributed by atoms with Crippen LogP contribution in [0.4, 0.5) is 5.69 Å². The third kappa shape index (κ3) is 4.46. The molecule has 1 N–H and O–H groups in total. The lowest BCUT2D eigenvalue weighted by Gasteiger charge is -2.26. The first-order valence-electron chi connectivity index (χ1n) is 6.94. The van der Waals surface area contributed by atoms with Gasteiger partial charge < -0.3 is 10.0 Å². The molecule has 0 saturated heterocycles. The highest BCUT2D eigenvalue weighted by molar-refractivity contribution is 14.1. The summed E-state index contributed by atoms with van der Waals surface area (Å²) >= 11 is 6.59. The molecule has 0 heterocycles. The van der Waals surface area contributed by atoms with Crippen LogP contribution in [0, 0.1) is 10.7 Å². The minimum Gasteiger partial charge on any atom is -0.481 e. The van der Waals surface area contributed by atoms with Crippen LogP contribution in [0.2, 0.25) is 0 Å². The van der Waals surface area contributed by atoms with E-state index in [2.05, 4.69) is 67.8 Å². The lowest BCUT2D eigenvalue weighted by Crippen LogP contribution is -2.30. The Morgan fingerprint density at radius 1 is 1.23 bits per heavy atom. The minimum absolute atomic E-state index is 0.0344. The fourth-order valence-corrected chi connectivity index (χ4v) is 7.08. The smallest absolute Gasteiger partial charge is 0.311 e. The number of aliphatic carboxylic acids is 1. The van der Waals surface area contributed by atoms with Gasteiger partial charge in [0.2, 0.25) is 5.91 Å². The summed E-state index contributed by atoms with van der Waals surface area (Å²) in [5, 5.41) is 9.58. The molecular weight excluding hydrogens is 623 g/mol. The van der Waals surface area contributed by atoms with Crippen molar-refractivity contribution >= 4 is 85.3 Å². The van der Waals surface area contributed by atoms with Crippen molar-refractivity contribution in [3.63, 3.8) is 0 Å². The summed E-state index contributed by atoms with van der Waals surface area (Å²) < 4.78 is 2.77. The zero-order valence-corrected chi connectivity index (χ0v) is 19.1. The molecule has 1 amide bonds. The summed E-state index contributed by atoms with van der Waals surface area (Å²) in [7, 11) is 0. The summed E-state index contributed by atoms with van der Waals surface area (Å²) in [5.41, 5.74) is 1.65. The first-order valence-corrected chi connectivity index (χ1v) is 10.2. The van der Waals surface area contributed by atoms with Gasteiger partial charge in [0.1, 0.15) is 0 Å². The van der Waals surface area contributed by atoms with E-state index in [1.807, 2.05) is 19.9 Å². The second-order valence-corrected chi connectivity index (χ2v) is 8.26. The van der Waals surface area contributed by atoms with Crippen molar-refractivity contribution in [3.8, 4) is 0 Å². The first-order chi connectivity index (χ1) is 10.3. The number of carbonyl (C=O) groups is 2. The SMILES string of the molecule is CCCC(C(=O)O)c1c(I)cc(I)c(N(CC)C(C)=O)c1I. The third-order valence-electron chi connectivity index (χ3n) is 3.37. The van der Waals surface area contributed by atoms with Gasteiger partial charge >= 0.3 is 5.97 Å². The molecule has 7 heteroatoms. The lowest BCUT2D eigenvalue weighted by molar-refractivity contribution is -0.139. The van der Waals surface area contributed by atoms with Crippen LogP contribution >= 0.6 is 67.8 Å². The van der Waals surface area contributed by atoms with Gasteiger partial charge in [-0.3, -0.25) is 9.59 Å². The van der Waals surface area contributed by atoms with Crippen molar-refractivity contribution in [3.05, 3.63) is 22.3 Å². The topological polar surface area (TPSA) is 57.6 Å². The molecule has 1 rings (SSSR count). The number of carboxylic acids is 1. The van der Waals surface area contributed by atoms with Gasteiger partial charge in [0.15, 0.2) is 0 Å². The molecule has 0 aliphatic rings. The lowest BCUT2D eigenvalue weighted by atomic mass is 9.94. The van der Waals surface area contributed by atoms with Crippen molar-refractivity contribution in [1.29, 1.82) is 0 Å². The number of hydrogen-bond acceptors (Lipinski definition) is 2. The van der Waals surface area contributed by atoms with Crippen molar-refractivity contribution < 1.29 is 14.7 Å². The number of carboxylic acid groups (broad SMARTS) is 1. The summed E-state index contributed by atoms with van der Waals surface area (Å²) in [4.78, 5) is 25.3. The Hall–Kier alpha value is 0.350. The highest BCUT2D eigenvalue weighted by atomic mass is 127. The second-order valence-electron chi connectivity index (χ2n) is 4.86. The molecule has 1 unspecified atom stereocenters. The number of rotatable bonds is 6. The predicted octanol–water partition coefficient (Wildman–Crippen LogP) is 4.84. The fourth-order valence-electron chi connectivity index (χ4n) is 2.38. The van der Waals surface area contributed by atoms with Crippen LogP contribution in [-0.4, -0.2) is 23.5 Å². The van der Waals surface area contributed by atoms with Crippen LogP contribution < -0.4 is 4.90 Å². The van der Waals surface area contributed by atoms with E-state index in [0.717, 1.165) is 28.4 Å². The standard InChI is InChI=1S/C15H18I3NO3/c1-4-6-9(15(21)22)12-10(16)7-11(17)14(13(12)18)19(5-2)8(3)20/h7,9H,4-6H2,1-3H3,(H,21,22). The summed E-state index contributed by atoms with van der Waals surface area (Å²) in [6.07, 6.45) is 1.39. The maximum atomic E-state index is 11.9. The monoisotopic (exact) mass is 641 g/mol. The molecular formula is C15H18I3NO3. The number of nitrogens with zero attached hydrogens (tertiary/aromatic N) is 1. The number of benzene rings is 1. The molecule has 0 bridgehead atoms. The maximum Gasteiger partial charge on any atom is 0.311 e. The molecule has 0 aliphatic carbocycles. The Balaban J connectivity index is 3.60. The van der Waals surface area contributed by atoms with Crippen molar-refractivity contribution in [2.75, 3.05) is 11.4 Å². The van der Waals surface area contributed by atoms with E-state index >= 15 is 0 Å². The largest absolute Gasteiger partial charge is 0.481 e. The average Bonchev–Trinajstić information content (AvgIpc) is 2.41. The van der Waals surface area contributed by atoms with Gasteiger partial charge in [-0.15, -0.1) is 0 Å². The van der Waals surface area contributed by atoms with E-state index in [1.165, 1.54) is 6.92 Å². The van der Waals surface area contributed by atoms with Crippen LogP contribution in [0.3, 0.4) is 0 Å². The van der Waals surface area contributed by atoms with Gasteiger partial charge in [-0.2, -0.15) is 0 Å². The zero-order chi connectivity index (χ0) is 17.0. The molecule has 0 fully saturated rings.